The van der Waals surface area contributed by atoms with E-state index < -0.39 is 11.7 Å². The number of nitrogens with one attached hydrogen (secondary N) is 1. The first-order chi connectivity index (χ1) is 9.36. The molecule has 20 heavy (non-hydrogen) atoms. The van der Waals surface area contributed by atoms with E-state index in [1.807, 2.05) is 0 Å². The van der Waals surface area contributed by atoms with Gasteiger partial charge in [-0.3, -0.25) is 10.4 Å². The summed E-state index contributed by atoms with van der Waals surface area (Å²) in [5, 5.41) is 7.69. The molecule has 0 spiro atoms. The zero-order valence-corrected chi connectivity index (χ0v) is 10.8. The molecule has 0 saturated carbocycles. The number of halogens is 3. The molecule has 0 aliphatic heterocycles. The Bertz CT molecular complexity index is 625. The van der Waals surface area contributed by atoms with Gasteiger partial charge in [0, 0.05) is 17.3 Å². The van der Waals surface area contributed by atoms with Crippen molar-refractivity contribution in [1.29, 1.82) is 5.41 Å². The van der Waals surface area contributed by atoms with E-state index in [0.717, 1.165) is 12.3 Å². The predicted molar refractivity (Wildman–Crippen MR) is 68.6 cm³/mol. The Kier molecular flexibility index (Phi) is 3.93. The lowest BCUT2D eigenvalue weighted by atomic mass is 10.3. The van der Waals surface area contributed by atoms with E-state index in [1.165, 1.54) is 24.0 Å². The van der Waals surface area contributed by atoms with Crippen molar-refractivity contribution in [2.45, 2.75) is 16.1 Å². The molecule has 104 valence electrons. The number of rotatable bonds is 3. The highest BCUT2D eigenvalue weighted by atomic mass is 32.2. The van der Waals surface area contributed by atoms with Gasteiger partial charge in [0.2, 0.25) is 0 Å². The molecule has 0 fully saturated rings. The van der Waals surface area contributed by atoms with Crippen LogP contribution in [0.4, 0.5) is 13.2 Å². The molecule has 0 aliphatic carbocycles. The van der Waals surface area contributed by atoms with Crippen LogP contribution < -0.4 is 5.73 Å². The average Bonchev–Trinajstić information content (AvgIpc) is 2.38. The van der Waals surface area contributed by atoms with Crippen LogP contribution in [0.15, 0.2) is 46.6 Å². The number of hydrogen-bond donors (Lipinski definition) is 2. The summed E-state index contributed by atoms with van der Waals surface area (Å²) in [6.07, 6.45) is -2.13. The van der Waals surface area contributed by atoms with Gasteiger partial charge in [-0.1, -0.05) is 11.8 Å². The third-order valence-electron chi connectivity index (χ3n) is 2.29. The lowest BCUT2D eigenvalue weighted by Gasteiger charge is -2.07. The standard InChI is InChI=1S/C12H9F3N4S/c13-12(14,15)7-1-2-10(19-6-7)20-8-3-4-18-9(5-8)11(16)17/h1-6H,(H3,16,17). The van der Waals surface area contributed by atoms with Crippen molar-refractivity contribution in [2.24, 2.45) is 5.73 Å². The van der Waals surface area contributed by atoms with Gasteiger partial charge >= 0.3 is 6.18 Å². The number of nitrogens with zero attached hydrogens (tertiary/aromatic N) is 2. The van der Waals surface area contributed by atoms with Crippen LogP contribution in [0.3, 0.4) is 0 Å². The second-order valence-corrected chi connectivity index (χ2v) is 4.87. The zero-order chi connectivity index (χ0) is 14.8. The van der Waals surface area contributed by atoms with Gasteiger partial charge in [-0.15, -0.1) is 0 Å². The highest BCUT2D eigenvalue weighted by molar-refractivity contribution is 7.99. The van der Waals surface area contributed by atoms with Crippen molar-refractivity contribution in [1.82, 2.24) is 9.97 Å². The third kappa shape index (κ3) is 3.47. The second kappa shape index (κ2) is 5.49. The minimum atomic E-state index is -4.39. The maximum atomic E-state index is 12.4. The van der Waals surface area contributed by atoms with Crippen molar-refractivity contribution < 1.29 is 13.2 Å². The average molecular weight is 298 g/mol. The van der Waals surface area contributed by atoms with Crippen LogP contribution in [0.5, 0.6) is 0 Å². The number of nitrogens with two attached hydrogens (primary N) is 1. The van der Waals surface area contributed by atoms with Gasteiger partial charge in [0.05, 0.1) is 5.56 Å². The highest BCUT2D eigenvalue weighted by Gasteiger charge is 2.30. The maximum Gasteiger partial charge on any atom is 0.417 e. The fourth-order valence-electron chi connectivity index (χ4n) is 1.35. The minimum absolute atomic E-state index is 0.173. The molecular formula is C12H9F3N4S. The first-order valence-corrected chi connectivity index (χ1v) is 6.19. The zero-order valence-electron chi connectivity index (χ0n) is 9.98. The number of aromatic nitrogens is 2. The highest BCUT2D eigenvalue weighted by Crippen LogP contribution is 2.31. The van der Waals surface area contributed by atoms with Gasteiger partial charge in [0.15, 0.2) is 0 Å². The molecule has 2 rings (SSSR count). The molecule has 0 unspecified atom stereocenters. The Morgan fingerprint density at radius 3 is 2.50 bits per heavy atom. The van der Waals surface area contributed by atoms with Crippen LogP contribution in [0.25, 0.3) is 0 Å². The van der Waals surface area contributed by atoms with Crippen molar-refractivity contribution >= 4 is 17.6 Å². The molecule has 2 aromatic heterocycles. The monoisotopic (exact) mass is 298 g/mol. The van der Waals surface area contributed by atoms with Crippen LogP contribution in [0, 0.1) is 5.41 Å². The molecule has 0 bridgehead atoms. The normalized spacial score (nSPS) is 11.3. The molecule has 2 heterocycles. The largest absolute Gasteiger partial charge is 0.417 e. The fourth-order valence-corrected chi connectivity index (χ4v) is 2.13. The Balaban J connectivity index is 2.18. The van der Waals surface area contributed by atoms with Crippen LogP contribution in [-0.2, 0) is 6.18 Å². The Labute approximate surface area is 116 Å². The van der Waals surface area contributed by atoms with Crippen LogP contribution in [-0.4, -0.2) is 15.8 Å². The lowest BCUT2D eigenvalue weighted by molar-refractivity contribution is -0.137. The maximum absolute atomic E-state index is 12.4. The third-order valence-corrected chi connectivity index (χ3v) is 3.23. The summed E-state index contributed by atoms with van der Waals surface area (Å²) in [5.74, 6) is -0.173. The second-order valence-electron chi connectivity index (χ2n) is 3.78. The lowest BCUT2D eigenvalue weighted by Crippen LogP contribution is -2.12. The van der Waals surface area contributed by atoms with Crippen molar-refractivity contribution in [3.63, 3.8) is 0 Å². The van der Waals surface area contributed by atoms with Gasteiger partial charge in [-0.05, 0) is 24.3 Å². The summed E-state index contributed by atoms with van der Waals surface area (Å²) in [6, 6.07) is 5.51. The number of nitrogen functional groups attached to an aromatic ring is 1. The van der Waals surface area contributed by atoms with Crippen molar-refractivity contribution in [2.75, 3.05) is 0 Å². The molecule has 0 aromatic carbocycles. The number of hydrogen-bond acceptors (Lipinski definition) is 4. The Morgan fingerprint density at radius 2 is 1.95 bits per heavy atom. The summed E-state index contributed by atoms with van der Waals surface area (Å²) < 4.78 is 37.2. The Hall–Kier alpha value is -2.09. The van der Waals surface area contributed by atoms with E-state index in [1.54, 1.807) is 12.1 Å². The van der Waals surface area contributed by atoms with E-state index in [-0.39, 0.29) is 5.84 Å². The first kappa shape index (κ1) is 14.3. The number of pyridine rings is 2. The van der Waals surface area contributed by atoms with Crippen LogP contribution in [0.2, 0.25) is 0 Å². The quantitative estimate of drug-likeness (QED) is 0.675. The Morgan fingerprint density at radius 1 is 1.20 bits per heavy atom. The van der Waals surface area contributed by atoms with E-state index in [4.69, 9.17) is 11.1 Å². The summed E-state index contributed by atoms with van der Waals surface area (Å²) in [6.45, 7) is 0. The molecule has 0 saturated heterocycles. The predicted octanol–water partition coefficient (Wildman–Crippen LogP) is 2.93. The van der Waals surface area contributed by atoms with E-state index in [0.29, 0.717) is 15.6 Å². The topological polar surface area (TPSA) is 75.7 Å². The summed E-state index contributed by atoms with van der Waals surface area (Å²) in [5.41, 5.74) is 4.83. The van der Waals surface area contributed by atoms with Crippen molar-refractivity contribution in [3.8, 4) is 0 Å². The molecule has 8 heteroatoms. The molecule has 4 nitrogen and oxygen atoms in total. The van der Waals surface area contributed by atoms with Gasteiger partial charge in [-0.25, -0.2) is 4.98 Å². The smallest absolute Gasteiger partial charge is 0.382 e. The van der Waals surface area contributed by atoms with Crippen molar-refractivity contribution in [3.05, 3.63) is 47.9 Å². The van der Waals surface area contributed by atoms with Crippen LogP contribution >= 0.6 is 11.8 Å². The molecule has 0 amide bonds. The molecule has 2 aromatic rings. The first-order valence-electron chi connectivity index (χ1n) is 5.38. The van der Waals surface area contributed by atoms with Crippen LogP contribution in [0.1, 0.15) is 11.3 Å². The molecule has 0 atom stereocenters. The van der Waals surface area contributed by atoms with Gasteiger partial charge in [0.1, 0.15) is 16.6 Å². The summed E-state index contributed by atoms with van der Waals surface area (Å²) in [4.78, 5) is 8.34. The summed E-state index contributed by atoms with van der Waals surface area (Å²) >= 11 is 1.17. The SMILES string of the molecule is N=C(N)c1cc(Sc2ccc(C(F)(F)F)cn2)ccn1. The molecule has 0 aliphatic rings. The number of alkyl halides is 3. The number of amidine groups is 1. The van der Waals surface area contributed by atoms with Gasteiger partial charge < -0.3 is 5.73 Å². The summed E-state index contributed by atoms with van der Waals surface area (Å²) in [7, 11) is 0. The van der Waals surface area contributed by atoms with Gasteiger partial charge in [0.25, 0.3) is 0 Å². The molecular weight excluding hydrogens is 289 g/mol. The fraction of sp³-hybridized carbons (Fsp3) is 0.0833. The molecule has 0 radical (unpaired) electrons. The van der Waals surface area contributed by atoms with Gasteiger partial charge in [-0.2, -0.15) is 13.2 Å². The van der Waals surface area contributed by atoms with E-state index >= 15 is 0 Å². The van der Waals surface area contributed by atoms with E-state index in [9.17, 15) is 13.2 Å². The van der Waals surface area contributed by atoms with E-state index in [2.05, 4.69) is 9.97 Å². The minimum Gasteiger partial charge on any atom is -0.382 e. The molecule has 3 N–H and O–H groups in total.